The standard InChI is InChI=1S/C23H23N3O5S/c1-13(27)24-9-16-10-26(23(28)30-16)15-6-7-17-14(8-15)4-3-5-18-21(25-31-22(17)18)19-11-32-12-20(19)29-2/h6-8,11-12,16H,3-5,9-10H2,1-2H3,(H,24,27). The molecule has 32 heavy (non-hydrogen) atoms. The van der Waals surface area contributed by atoms with E-state index in [1.165, 1.54) is 6.92 Å². The highest BCUT2D eigenvalue weighted by Crippen LogP contribution is 2.42. The molecule has 166 valence electrons. The van der Waals surface area contributed by atoms with Gasteiger partial charge in [0.2, 0.25) is 5.91 Å². The van der Waals surface area contributed by atoms with E-state index in [-0.39, 0.29) is 12.0 Å². The number of aryl methyl sites for hydroxylation is 1. The van der Waals surface area contributed by atoms with Crippen molar-refractivity contribution in [3.63, 3.8) is 0 Å². The van der Waals surface area contributed by atoms with Crippen molar-refractivity contribution in [3.8, 4) is 28.3 Å². The molecule has 1 aliphatic heterocycles. The van der Waals surface area contributed by atoms with Crippen LogP contribution >= 0.6 is 11.3 Å². The van der Waals surface area contributed by atoms with Gasteiger partial charge in [-0.15, -0.1) is 11.3 Å². The summed E-state index contributed by atoms with van der Waals surface area (Å²) in [6, 6.07) is 5.92. The topological polar surface area (TPSA) is 93.9 Å². The fourth-order valence-electron chi connectivity index (χ4n) is 4.31. The third-order valence-corrected chi connectivity index (χ3v) is 6.58. The van der Waals surface area contributed by atoms with E-state index in [1.807, 2.05) is 29.0 Å². The quantitative estimate of drug-likeness (QED) is 0.627. The van der Waals surface area contributed by atoms with Gasteiger partial charge in [-0.1, -0.05) is 5.16 Å². The normalized spacial score (nSPS) is 17.4. The molecule has 0 spiro atoms. The maximum absolute atomic E-state index is 12.4. The number of aromatic nitrogens is 1. The Labute approximate surface area is 189 Å². The van der Waals surface area contributed by atoms with Crippen molar-refractivity contribution < 1.29 is 23.6 Å². The Hall–Kier alpha value is -3.33. The van der Waals surface area contributed by atoms with Crippen LogP contribution in [0.5, 0.6) is 5.75 Å². The van der Waals surface area contributed by atoms with E-state index < -0.39 is 6.09 Å². The number of carbonyl (C=O) groups excluding carboxylic acids is 2. The van der Waals surface area contributed by atoms with Gasteiger partial charge in [0.15, 0.2) is 5.76 Å². The second-order valence-corrected chi connectivity index (χ2v) is 8.68. The molecule has 1 N–H and O–H groups in total. The monoisotopic (exact) mass is 453 g/mol. The van der Waals surface area contributed by atoms with Gasteiger partial charge in [-0.25, -0.2) is 4.79 Å². The fraction of sp³-hybridized carbons (Fsp3) is 0.348. The first-order valence-corrected chi connectivity index (χ1v) is 11.4. The van der Waals surface area contributed by atoms with Gasteiger partial charge in [0.25, 0.3) is 0 Å². The van der Waals surface area contributed by atoms with Crippen molar-refractivity contribution in [1.82, 2.24) is 10.5 Å². The second kappa shape index (κ2) is 8.31. The summed E-state index contributed by atoms with van der Waals surface area (Å²) in [7, 11) is 1.66. The number of thiophene rings is 1. The molecule has 0 saturated carbocycles. The summed E-state index contributed by atoms with van der Waals surface area (Å²) < 4.78 is 16.7. The molecule has 1 unspecified atom stereocenters. The Balaban J connectivity index is 1.44. The number of anilines is 1. The highest BCUT2D eigenvalue weighted by Gasteiger charge is 2.33. The van der Waals surface area contributed by atoms with Crippen LogP contribution in [0.1, 0.15) is 24.5 Å². The van der Waals surface area contributed by atoms with Crippen LogP contribution < -0.4 is 15.0 Å². The highest BCUT2D eigenvalue weighted by molar-refractivity contribution is 7.08. The van der Waals surface area contributed by atoms with Crippen molar-refractivity contribution in [2.24, 2.45) is 0 Å². The second-order valence-electron chi connectivity index (χ2n) is 7.94. The maximum Gasteiger partial charge on any atom is 0.414 e. The van der Waals surface area contributed by atoms with Gasteiger partial charge >= 0.3 is 6.09 Å². The number of hydrogen-bond donors (Lipinski definition) is 1. The summed E-state index contributed by atoms with van der Waals surface area (Å²) in [5, 5.41) is 11.1. The first-order valence-electron chi connectivity index (χ1n) is 10.5. The Bertz CT molecular complexity index is 1180. The molecule has 5 rings (SSSR count). The van der Waals surface area contributed by atoms with E-state index in [0.29, 0.717) is 13.1 Å². The maximum atomic E-state index is 12.4. The number of methoxy groups -OCH3 is 1. The fourth-order valence-corrected chi connectivity index (χ4v) is 5.09. The van der Waals surface area contributed by atoms with Gasteiger partial charge in [-0.05, 0) is 43.0 Å². The summed E-state index contributed by atoms with van der Waals surface area (Å²) in [5.74, 6) is 1.43. The van der Waals surface area contributed by atoms with Gasteiger partial charge < -0.3 is 19.3 Å². The van der Waals surface area contributed by atoms with E-state index in [0.717, 1.165) is 64.4 Å². The van der Waals surface area contributed by atoms with Crippen LogP contribution in [-0.4, -0.2) is 43.5 Å². The molecule has 3 aromatic rings. The molecular formula is C23H23N3O5S. The Kier molecular flexibility index (Phi) is 5.34. The van der Waals surface area contributed by atoms with E-state index >= 15 is 0 Å². The SMILES string of the molecule is COc1cscc1-c1noc2c1CCCc1cc(N3CC(CNC(C)=O)OC3=O)ccc1-2. The van der Waals surface area contributed by atoms with Gasteiger partial charge in [0.05, 0.1) is 25.8 Å². The van der Waals surface area contributed by atoms with Crippen LogP contribution in [0.3, 0.4) is 0 Å². The van der Waals surface area contributed by atoms with Crippen LogP contribution in [0.15, 0.2) is 33.5 Å². The lowest BCUT2D eigenvalue weighted by Crippen LogP contribution is -2.33. The molecule has 1 fully saturated rings. The molecule has 8 nitrogen and oxygen atoms in total. The Morgan fingerprint density at radius 1 is 1.31 bits per heavy atom. The Morgan fingerprint density at radius 3 is 3.00 bits per heavy atom. The first kappa shape index (κ1) is 20.6. The van der Waals surface area contributed by atoms with E-state index in [9.17, 15) is 9.59 Å². The van der Waals surface area contributed by atoms with Crippen molar-refractivity contribution >= 4 is 29.0 Å². The number of nitrogens with zero attached hydrogens (tertiary/aromatic N) is 2. The van der Waals surface area contributed by atoms with Crippen molar-refractivity contribution in [2.45, 2.75) is 32.3 Å². The molecule has 3 heterocycles. The molecule has 2 aromatic heterocycles. The number of rotatable bonds is 5. The van der Waals surface area contributed by atoms with Crippen LogP contribution in [0.2, 0.25) is 0 Å². The van der Waals surface area contributed by atoms with Gasteiger partial charge in [-0.2, -0.15) is 0 Å². The van der Waals surface area contributed by atoms with Crippen LogP contribution in [0, 0.1) is 0 Å². The van der Waals surface area contributed by atoms with Crippen molar-refractivity contribution in [3.05, 3.63) is 40.1 Å². The van der Waals surface area contributed by atoms with E-state index in [2.05, 4.69) is 10.5 Å². The lowest BCUT2D eigenvalue weighted by Gasteiger charge is -2.15. The number of benzene rings is 1. The number of cyclic esters (lactones) is 1. The zero-order valence-electron chi connectivity index (χ0n) is 17.8. The van der Waals surface area contributed by atoms with Gasteiger partial charge in [-0.3, -0.25) is 9.69 Å². The number of carbonyl (C=O) groups is 2. The molecule has 2 aliphatic rings. The largest absolute Gasteiger partial charge is 0.495 e. The molecule has 1 atom stereocenters. The predicted octanol–water partition coefficient (Wildman–Crippen LogP) is 4.03. The summed E-state index contributed by atoms with van der Waals surface area (Å²) in [5.41, 5.74) is 5.76. The molecule has 2 amide bonds. The van der Waals surface area contributed by atoms with Crippen LogP contribution in [0.25, 0.3) is 22.6 Å². The lowest BCUT2D eigenvalue weighted by molar-refractivity contribution is -0.119. The third-order valence-electron chi connectivity index (χ3n) is 5.86. The molecule has 0 bridgehead atoms. The highest BCUT2D eigenvalue weighted by atomic mass is 32.1. The Morgan fingerprint density at radius 2 is 2.19 bits per heavy atom. The minimum Gasteiger partial charge on any atom is -0.495 e. The lowest BCUT2D eigenvalue weighted by atomic mass is 10.0. The van der Waals surface area contributed by atoms with Crippen LogP contribution in [-0.2, 0) is 22.4 Å². The van der Waals surface area contributed by atoms with E-state index in [1.54, 1.807) is 23.3 Å². The number of amides is 2. The minimum absolute atomic E-state index is 0.146. The first-order chi connectivity index (χ1) is 15.5. The molecule has 0 radical (unpaired) electrons. The molecule has 1 aliphatic carbocycles. The van der Waals surface area contributed by atoms with Gasteiger partial charge in [0, 0.05) is 34.5 Å². The summed E-state index contributed by atoms with van der Waals surface area (Å²) in [6.45, 7) is 2.14. The molecule has 1 aromatic carbocycles. The third kappa shape index (κ3) is 3.62. The van der Waals surface area contributed by atoms with E-state index in [4.69, 9.17) is 14.0 Å². The van der Waals surface area contributed by atoms with Crippen LogP contribution in [0.4, 0.5) is 10.5 Å². The molecule has 9 heteroatoms. The number of hydrogen-bond acceptors (Lipinski definition) is 7. The zero-order chi connectivity index (χ0) is 22.2. The average molecular weight is 454 g/mol. The summed E-state index contributed by atoms with van der Waals surface area (Å²) >= 11 is 1.57. The number of fused-ring (bicyclic) bond motifs is 3. The van der Waals surface area contributed by atoms with Crippen molar-refractivity contribution in [1.29, 1.82) is 0 Å². The summed E-state index contributed by atoms with van der Waals surface area (Å²) in [6.07, 6.45) is 1.89. The zero-order valence-corrected chi connectivity index (χ0v) is 18.7. The molecular weight excluding hydrogens is 430 g/mol. The average Bonchev–Trinajstić information content (AvgIpc) is 3.47. The predicted molar refractivity (Wildman–Crippen MR) is 120 cm³/mol. The summed E-state index contributed by atoms with van der Waals surface area (Å²) in [4.78, 5) is 25.2. The smallest absolute Gasteiger partial charge is 0.414 e. The van der Waals surface area contributed by atoms with Gasteiger partial charge in [0.1, 0.15) is 17.5 Å². The number of nitrogens with one attached hydrogen (secondary N) is 1. The minimum atomic E-state index is -0.402. The molecule has 1 saturated heterocycles. The van der Waals surface area contributed by atoms with Crippen molar-refractivity contribution in [2.75, 3.05) is 25.1 Å². The number of ether oxygens (including phenoxy) is 2.